The number of aromatic amines is 1. The molecular weight excluding hydrogens is 451 g/mol. The first-order valence-corrected chi connectivity index (χ1v) is 11.6. The molecule has 33 heavy (non-hydrogen) atoms. The number of hydrogen-bond donors (Lipinski definition) is 3. The fourth-order valence-electron chi connectivity index (χ4n) is 3.13. The highest BCUT2D eigenvalue weighted by atomic mass is 31.2. The van der Waals surface area contributed by atoms with Crippen LogP contribution >= 0.6 is 7.75 Å². The summed E-state index contributed by atoms with van der Waals surface area (Å²) >= 11 is 0. The number of para-hydroxylation sites is 1. The molecule has 174 valence electrons. The minimum Gasteiger partial charge on any atom is -0.468 e. The molecular formula is C20H23N6O6P. The number of methoxy groups -OCH3 is 1. The van der Waals surface area contributed by atoms with Crippen molar-refractivity contribution in [2.45, 2.75) is 19.4 Å². The number of carbonyl (C=O) groups is 1. The molecule has 4 rings (SSSR count). The van der Waals surface area contributed by atoms with Crippen LogP contribution in [0.1, 0.15) is 13.3 Å². The summed E-state index contributed by atoms with van der Waals surface area (Å²) in [5.74, 6) is -0.315. The second kappa shape index (κ2) is 9.18. The Kier molecular flexibility index (Phi) is 6.32. The lowest BCUT2D eigenvalue weighted by atomic mass is 10.3. The van der Waals surface area contributed by atoms with Crippen LogP contribution in [0.5, 0.6) is 5.75 Å². The first kappa shape index (κ1) is 22.7. The highest BCUT2D eigenvalue weighted by Gasteiger charge is 2.37. The number of imidazole rings is 1. The van der Waals surface area contributed by atoms with E-state index in [2.05, 4.69) is 24.8 Å². The molecule has 3 atom stereocenters. The molecule has 1 fully saturated rings. The van der Waals surface area contributed by atoms with Gasteiger partial charge >= 0.3 is 13.7 Å². The molecule has 0 radical (unpaired) electrons. The van der Waals surface area contributed by atoms with Crippen molar-refractivity contribution in [2.24, 2.45) is 5.92 Å². The number of anilines is 1. The van der Waals surface area contributed by atoms with Gasteiger partial charge in [0.15, 0.2) is 11.2 Å². The number of fused-ring (bicyclic) bond motifs is 1. The van der Waals surface area contributed by atoms with Gasteiger partial charge in [-0.05, 0) is 31.1 Å². The van der Waals surface area contributed by atoms with Gasteiger partial charge in [-0.25, -0.2) is 9.55 Å². The first-order chi connectivity index (χ1) is 15.8. The van der Waals surface area contributed by atoms with Gasteiger partial charge in [0.1, 0.15) is 18.1 Å². The number of nitrogens with zero attached hydrogens (tertiary/aromatic N) is 3. The second-order valence-electron chi connectivity index (χ2n) is 7.45. The van der Waals surface area contributed by atoms with Crippen molar-refractivity contribution in [2.75, 3.05) is 19.5 Å². The lowest BCUT2D eigenvalue weighted by Crippen LogP contribution is -2.34. The van der Waals surface area contributed by atoms with Crippen LogP contribution in [0, 0.1) is 5.92 Å². The van der Waals surface area contributed by atoms with E-state index in [0.29, 0.717) is 17.8 Å². The zero-order valence-corrected chi connectivity index (χ0v) is 18.8. The van der Waals surface area contributed by atoms with Crippen molar-refractivity contribution >= 4 is 37.0 Å². The van der Waals surface area contributed by atoms with Crippen molar-refractivity contribution < 1.29 is 23.1 Å². The molecule has 13 heteroatoms. The van der Waals surface area contributed by atoms with Crippen molar-refractivity contribution in [3.63, 3.8) is 0 Å². The van der Waals surface area contributed by atoms with E-state index in [4.69, 9.17) is 14.8 Å². The van der Waals surface area contributed by atoms with Gasteiger partial charge in [0.2, 0.25) is 5.95 Å². The van der Waals surface area contributed by atoms with Crippen LogP contribution in [0.2, 0.25) is 0 Å². The molecule has 0 saturated heterocycles. The normalized spacial score (nSPS) is 19.2. The fraction of sp³-hybridized carbons (Fsp3) is 0.300. The highest BCUT2D eigenvalue weighted by molar-refractivity contribution is 7.52. The van der Waals surface area contributed by atoms with Gasteiger partial charge in [0, 0.05) is 12.1 Å². The van der Waals surface area contributed by atoms with Crippen LogP contribution in [0.25, 0.3) is 17.4 Å². The molecule has 1 unspecified atom stereocenters. The fourth-order valence-corrected chi connectivity index (χ4v) is 4.67. The van der Waals surface area contributed by atoms with E-state index in [1.54, 1.807) is 41.1 Å². The van der Waals surface area contributed by atoms with Crippen LogP contribution in [0.15, 0.2) is 47.0 Å². The molecule has 1 aromatic carbocycles. The Labute approximate surface area is 188 Å². The zero-order valence-electron chi connectivity index (χ0n) is 17.9. The molecule has 0 aliphatic heterocycles. The van der Waals surface area contributed by atoms with Crippen LogP contribution in [0.3, 0.4) is 0 Å². The number of H-pyrrole nitrogens is 1. The Hall–Kier alpha value is -3.47. The smallest absolute Gasteiger partial charge is 0.459 e. The molecule has 0 spiro atoms. The summed E-state index contributed by atoms with van der Waals surface area (Å²) in [5, 5.41) is 2.61. The van der Waals surface area contributed by atoms with E-state index >= 15 is 0 Å². The quantitative estimate of drug-likeness (QED) is 0.308. The number of hydrogen-bond acceptors (Lipinski definition) is 9. The first-order valence-electron chi connectivity index (χ1n) is 10.1. The molecule has 3 aromatic rings. The third-order valence-corrected chi connectivity index (χ3v) is 6.57. The van der Waals surface area contributed by atoms with Crippen LogP contribution in [-0.4, -0.2) is 45.2 Å². The van der Waals surface area contributed by atoms with Crippen molar-refractivity contribution in [1.82, 2.24) is 24.6 Å². The molecule has 2 aromatic heterocycles. The number of ether oxygens (including phenoxy) is 1. The van der Waals surface area contributed by atoms with Gasteiger partial charge in [0.05, 0.1) is 13.7 Å². The molecule has 1 saturated carbocycles. The summed E-state index contributed by atoms with van der Waals surface area (Å²) < 4.78 is 30.9. The van der Waals surface area contributed by atoms with Gasteiger partial charge in [-0.15, -0.1) is 0 Å². The minimum atomic E-state index is -3.90. The van der Waals surface area contributed by atoms with Gasteiger partial charge in [-0.1, -0.05) is 18.2 Å². The summed E-state index contributed by atoms with van der Waals surface area (Å²) in [6.07, 6.45) is 3.93. The standard InChI is InChI=1S/C20H23N6O6P/c1-12(19(28)30-2)25-33(29,32-15-6-4-3-5-7-15)31-10-14-8-13(14)9-26-11-22-16-17(26)23-20(21)24-18(16)27/h3-7,9,11-12,14H,8,10H2,1-2H3,(H,25,29)(H3,21,23,24,27)/b13-9-/t12-,14+,33?/m0/s1. The highest BCUT2D eigenvalue weighted by Crippen LogP contribution is 2.48. The number of aromatic nitrogens is 4. The SMILES string of the molecule is COC(=O)[C@H](C)NP(=O)(OC[C@H]1C/C1=C/n1cnc2c(=O)[nH]c(N)nc21)Oc1ccccc1. The van der Waals surface area contributed by atoms with E-state index in [1.165, 1.54) is 20.4 Å². The summed E-state index contributed by atoms with van der Waals surface area (Å²) in [6.45, 7) is 1.59. The Morgan fingerprint density at radius 1 is 1.42 bits per heavy atom. The molecule has 0 bridgehead atoms. The van der Waals surface area contributed by atoms with Gasteiger partial charge in [-0.3, -0.25) is 23.7 Å². The lowest BCUT2D eigenvalue weighted by Gasteiger charge is -2.22. The molecule has 2 heterocycles. The maximum atomic E-state index is 13.4. The zero-order chi connectivity index (χ0) is 23.6. The van der Waals surface area contributed by atoms with E-state index in [0.717, 1.165) is 5.57 Å². The number of benzene rings is 1. The predicted molar refractivity (Wildman–Crippen MR) is 120 cm³/mol. The monoisotopic (exact) mass is 474 g/mol. The van der Waals surface area contributed by atoms with Crippen LogP contribution in [-0.2, 0) is 18.6 Å². The average Bonchev–Trinajstić information content (AvgIpc) is 3.41. The van der Waals surface area contributed by atoms with E-state index in [9.17, 15) is 14.2 Å². The Morgan fingerprint density at radius 2 is 2.18 bits per heavy atom. The number of esters is 1. The topological polar surface area (TPSA) is 163 Å². The van der Waals surface area contributed by atoms with Crippen molar-refractivity contribution in [3.8, 4) is 5.75 Å². The van der Waals surface area contributed by atoms with Crippen LogP contribution in [0.4, 0.5) is 5.95 Å². The minimum absolute atomic E-state index is 0.00636. The van der Waals surface area contributed by atoms with E-state index in [-0.39, 0.29) is 24.0 Å². The van der Waals surface area contributed by atoms with E-state index < -0.39 is 25.3 Å². The summed E-state index contributed by atoms with van der Waals surface area (Å²) in [5.41, 5.74) is 6.69. The van der Waals surface area contributed by atoms with Crippen LogP contribution < -0.4 is 20.9 Å². The average molecular weight is 474 g/mol. The summed E-state index contributed by atoms with van der Waals surface area (Å²) in [6, 6.07) is 7.60. The van der Waals surface area contributed by atoms with Gasteiger partial charge in [-0.2, -0.15) is 10.1 Å². The van der Waals surface area contributed by atoms with E-state index in [1.807, 2.05) is 0 Å². The molecule has 12 nitrogen and oxygen atoms in total. The number of carbonyl (C=O) groups excluding carboxylic acids is 1. The summed E-state index contributed by atoms with van der Waals surface area (Å²) in [4.78, 5) is 34.3. The Balaban J connectivity index is 1.47. The molecule has 0 amide bonds. The Morgan fingerprint density at radius 3 is 2.91 bits per heavy atom. The number of nitrogen functional groups attached to an aromatic ring is 1. The second-order valence-corrected chi connectivity index (χ2v) is 9.15. The van der Waals surface area contributed by atoms with Gasteiger partial charge in [0.25, 0.3) is 5.56 Å². The molecule has 1 aliphatic carbocycles. The van der Waals surface area contributed by atoms with Crippen molar-refractivity contribution in [1.29, 1.82) is 0 Å². The third kappa shape index (κ3) is 5.30. The number of nitrogens with two attached hydrogens (primary N) is 1. The lowest BCUT2D eigenvalue weighted by molar-refractivity contribution is -0.142. The number of rotatable bonds is 9. The Bertz CT molecular complexity index is 1300. The molecule has 1 aliphatic rings. The third-order valence-electron chi connectivity index (χ3n) is 4.92. The predicted octanol–water partition coefficient (Wildman–Crippen LogP) is 1.92. The maximum absolute atomic E-state index is 13.4. The largest absolute Gasteiger partial charge is 0.468 e. The van der Waals surface area contributed by atoms with Crippen molar-refractivity contribution in [3.05, 3.63) is 52.6 Å². The molecule has 4 N–H and O–H groups in total. The maximum Gasteiger partial charge on any atom is 0.459 e. The van der Waals surface area contributed by atoms with Gasteiger partial charge < -0.3 is 15.0 Å². The summed E-state index contributed by atoms with van der Waals surface area (Å²) in [7, 11) is -2.66. The number of nitrogens with one attached hydrogen (secondary N) is 2.